The summed E-state index contributed by atoms with van der Waals surface area (Å²) in [5, 5.41) is 0.697. The topological polar surface area (TPSA) is 34.4 Å². The molecule has 0 fully saturated rings. The van der Waals surface area contributed by atoms with Gasteiger partial charge in [0.1, 0.15) is 4.34 Å². The van der Waals surface area contributed by atoms with Crippen molar-refractivity contribution >= 4 is 73.6 Å². The molecule has 0 bridgehead atoms. The van der Waals surface area contributed by atoms with Gasteiger partial charge in [-0.05, 0) is 37.6 Å². The minimum atomic E-state index is -0.393. The first-order valence-electron chi connectivity index (χ1n) is 6.74. The molecule has 0 saturated heterocycles. The van der Waals surface area contributed by atoms with Gasteiger partial charge in [0.05, 0.1) is 20.1 Å². The number of benzene rings is 1. The van der Waals surface area contributed by atoms with Crippen LogP contribution in [0.3, 0.4) is 0 Å². The molecule has 0 aliphatic heterocycles. The molecule has 0 spiro atoms. The molecule has 0 unspecified atom stereocenters. The average Bonchev–Trinajstić information content (AvgIpc) is 3.02. The molecule has 0 aliphatic rings. The Kier molecular flexibility index (Phi) is 4.85. The number of nitrogens with zero attached hydrogens (tertiary/aromatic N) is 2. The average molecular weight is 406 g/mol. The van der Waals surface area contributed by atoms with Gasteiger partial charge in [0.2, 0.25) is 0 Å². The van der Waals surface area contributed by atoms with Gasteiger partial charge in [-0.3, -0.25) is 4.79 Å². The van der Waals surface area contributed by atoms with Crippen LogP contribution in [0.1, 0.15) is 22.8 Å². The lowest BCUT2D eigenvalue weighted by atomic mass is 10.2. The van der Waals surface area contributed by atoms with E-state index in [1.54, 1.807) is 6.07 Å². The Labute approximate surface area is 155 Å². The molecule has 3 aromatic rings. The molecular weight excluding hydrogens is 395 g/mol. The van der Waals surface area contributed by atoms with Crippen LogP contribution in [-0.4, -0.2) is 10.5 Å². The Balaban J connectivity index is 2.21. The van der Waals surface area contributed by atoms with Crippen molar-refractivity contribution in [3.05, 3.63) is 47.8 Å². The third-order valence-electron chi connectivity index (χ3n) is 3.43. The molecule has 0 radical (unpaired) electrons. The summed E-state index contributed by atoms with van der Waals surface area (Å²) < 4.78 is 3.85. The van der Waals surface area contributed by atoms with Crippen molar-refractivity contribution in [2.75, 3.05) is 0 Å². The summed E-state index contributed by atoms with van der Waals surface area (Å²) in [7, 11) is 0. The molecule has 0 aliphatic carbocycles. The SMILES string of the molecule is CCn1c(=NC(=O)c2cc(Cl)sc2Cl)sc2ccc(Cl)c(C)c21. The summed E-state index contributed by atoms with van der Waals surface area (Å²) in [6.45, 7) is 4.65. The fourth-order valence-corrected chi connectivity index (χ4v) is 5.08. The monoisotopic (exact) mass is 404 g/mol. The van der Waals surface area contributed by atoms with Gasteiger partial charge >= 0.3 is 0 Å². The van der Waals surface area contributed by atoms with Gasteiger partial charge in [-0.1, -0.05) is 46.1 Å². The standard InChI is InChI=1S/C15H11Cl3N2OS2/c1-3-20-12-7(2)9(16)4-5-10(12)22-15(20)19-14(21)8-6-11(17)23-13(8)18/h4-6H,3H2,1-2H3. The van der Waals surface area contributed by atoms with Crippen molar-refractivity contribution in [3.63, 3.8) is 0 Å². The lowest BCUT2D eigenvalue weighted by Crippen LogP contribution is -2.16. The first-order valence-corrected chi connectivity index (χ1v) is 9.51. The highest BCUT2D eigenvalue weighted by molar-refractivity contribution is 7.20. The highest BCUT2D eigenvalue weighted by Gasteiger charge is 2.15. The number of halogens is 3. The van der Waals surface area contributed by atoms with E-state index in [1.165, 1.54) is 11.3 Å². The van der Waals surface area contributed by atoms with Crippen LogP contribution in [0.15, 0.2) is 23.2 Å². The second kappa shape index (κ2) is 6.57. The van der Waals surface area contributed by atoms with Crippen LogP contribution >= 0.6 is 57.5 Å². The van der Waals surface area contributed by atoms with Gasteiger partial charge in [0.15, 0.2) is 4.80 Å². The molecule has 1 aromatic carbocycles. The predicted molar refractivity (Wildman–Crippen MR) is 99.5 cm³/mol. The molecule has 3 rings (SSSR count). The van der Waals surface area contributed by atoms with Crippen LogP contribution < -0.4 is 4.80 Å². The summed E-state index contributed by atoms with van der Waals surface area (Å²) in [6.07, 6.45) is 0. The molecular formula is C15H11Cl3N2OS2. The Bertz CT molecular complexity index is 985. The Morgan fingerprint density at radius 2 is 2.00 bits per heavy atom. The highest BCUT2D eigenvalue weighted by Crippen LogP contribution is 2.32. The first kappa shape index (κ1) is 17.0. The second-order valence-electron chi connectivity index (χ2n) is 4.80. The molecule has 8 heteroatoms. The smallest absolute Gasteiger partial charge is 0.282 e. The summed E-state index contributed by atoms with van der Waals surface area (Å²) in [6, 6.07) is 5.35. The minimum Gasteiger partial charge on any atom is -0.316 e. The number of carbonyl (C=O) groups is 1. The second-order valence-corrected chi connectivity index (χ2v) is 8.50. The molecule has 0 saturated carbocycles. The lowest BCUT2D eigenvalue weighted by molar-refractivity contribution is 0.0998. The van der Waals surface area contributed by atoms with E-state index in [0.717, 1.165) is 27.1 Å². The number of hydrogen-bond donors (Lipinski definition) is 0. The van der Waals surface area contributed by atoms with Gasteiger partial charge in [-0.15, -0.1) is 11.3 Å². The largest absolute Gasteiger partial charge is 0.316 e. The van der Waals surface area contributed by atoms with Crippen molar-refractivity contribution < 1.29 is 4.79 Å². The van der Waals surface area contributed by atoms with Crippen LogP contribution in [0, 0.1) is 6.92 Å². The van der Waals surface area contributed by atoms with E-state index in [0.29, 0.717) is 30.6 Å². The highest BCUT2D eigenvalue weighted by atomic mass is 35.5. The molecule has 2 heterocycles. The van der Waals surface area contributed by atoms with E-state index in [4.69, 9.17) is 34.8 Å². The quantitative estimate of drug-likeness (QED) is 0.531. The summed E-state index contributed by atoms with van der Waals surface area (Å²) in [4.78, 5) is 17.3. The van der Waals surface area contributed by atoms with Crippen molar-refractivity contribution in [1.82, 2.24) is 4.57 Å². The number of carbonyl (C=O) groups excluding carboxylic acids is 1. The molecule has 120 valence electrons. The van der Waals surface area contributed by atoms with Crippen molar-refractivity contribution in [2.24, 2.45) is 4.99 Å². The summed E-state index contributed by atoms with van der Waals surface area (Å²) >= 11 is 20.8. The fourth-order valence-electron chi connectivity index (χ4n) is 2.33. The lowest BCUT2D eigenvalue weighted by Gasteiger charge is -2.04. The van der Waals surface area contributed by atoms with Gasteiger partial charge in [-0.25, -0.2) is 0 Å². The van der Waals surface area contributed by atoms with Crippen molar-refractivity contribution in [3.8, 4) is 0 Å². The van der Waals surface area contributed by atoms with Gasteiger partial charge in [0.25, 0.3) is 5.91 Å². The number of thiophene rings is 1. The zero-order valence-corrected chi connectivity index (χ0v) is 16.1. The predicted octanol–water partition coefficient (Wildman–Crippen LogP) is 5.79. The third-order valence-corrected chi connectivity index (χ3v) is 6.37. The van der Waals surface area contributed by atoms with Crippen LogP contribution in [-0.2, 0) is 6.54 Å². The zero-order chi connectivity index (χ0) is 16.7. The number of aromatic nitrogens is 1. The molecule has 2 aromatic heterocycles. The maximum absolute atomic E-state index is 12.4. The number of aryl methyl sites for hydroxylation is 2. The molecule has 0 N–H and O–H groups in total. The van der Waals surface area contributed by atoms with Crippen molar-refractivity contribution in [2.45, 2.75) is 20.4 Å². The van der Waals surface area contributed by atoms with Crippen LogP contribution in [0.25, 0.3) is 10.2 Å². The minimum absolute atomic E-state index is 0.330. The summed E-state index contributed by atoms with van der Waals surface area (Å²) in [5.41, 5.74) is 2.32. The van der Waals surface area contributed by atoms with E-state index in [2.05, 4.69) is 4.99 Å². The molecule has 3 nitrogen and oxygen atoms in total. The molecule has 1 amide bonds. The van der Waals surface area contributed by atoms with Gasteiger partial charge in [0, 0.05) is 11.6 Å². The molecule has 23 heavy (non-hydrogen) atoms. The van der Waals surface area contributed by atoms with E-state index in [9.17, 15) is 4.79 Å². The Morgan fingerprint density at radius 3 is 2.61 bits per heavy atom. The molecule has 0 atom stereocenters. The Morgan fingerprint density at radius 1 is 1.26 bits per heavy atom. The van der Waals surface area contributed by atoms with Crippen LogP contribution in [0.2, 0.25) is 13.7 Å². The summed E-state index contributed by atoms with van der Waals surface area (Å²) in [5.74, 6) is -0.393. The number of amides is 1. The van der Waals surface area contributed by atoms with Crippen LogP contribution in [0.5, 0.6) is 0 Å². The van der Waals surface area contributed by atoms with Gasteiger partial charge < -0.3 is 4.57 Å². The van der Waals surface area contributed by atoms with E-state index < -0.39 is 5.91 Å². The third kappa shape index (κ3) is 3.08. The maximum atomic E-state index is 12.4. The number of fused-ring (bicyclic) bond motifs is 1. The van der Waals surface area contributed by atoms with Gasteiger partial charge in [-0.2, -0.15) is 4.99 Å². The first-order chi connectivity index (χ1) is 10.9. The van der Waals surface area contributed by atoms with Crippen molar-refractivity contribution in [1.29, 1.82) is 0 Å². The van der Waals surface area contributed by atoms with E-state index >= 15 is 0 Å². The normalized spacial score (nSPS) is 12.3. The van der Waals surface area contributed by atoms with Crippen LogP contribution in [0.4, 0.5) is 0 Å². The maximum Gasteiger partial charge on any atom is 0.282 e. The zero-order valence-electron chi connectivity index (χ0n) is 12.2. The number of hydrogen-bond acceptors (Lipinski definition) is 3. The number of thiazole rings is 1. The fraction of sp³-hybridized carbons (Fsp3) is 0.200. The number of rotatable bonds is 2. The Hall–Kier alpha value is -0.850. The van der Waals surface area contributed by atoms with E-state index in [1.807, 2.05) is 30.5 Å². The van der Waals surface area contributed by atoms with E-state index in [-0.39, 0.29) is 0 Å².